The Morgan fingerprint density at radius 2 is 1.91 bits per heavy atom. The highest BCUT2D eigenvalue weighted by molar-refractivity contribution is 6.25. The van der Waals surface area contributed by atoms with E-state index in [0.29, 0.717) is 23.7 Å². The number of amides is 1. The molecule has 0 spiro atoms. The van der Waals surface area contributed by atoms with Crippen LogP contribution < -0.4 is 10.1 Å². The topological polar surface area (TPSA) is 56.1 Å². The van der Waals surface area contributed by atoms with Gasteiger partial charge in [0.2, 0.25) is 5.88 Å². The third kappa shape index (κ3) is 5.79. The second-order valence-electron chi connectivity index (χ2n) is 8.29. The molecule has 0 saturated heterocycles. The Morgan fingerprint density at radius 3 is 2.58 bits per heavy atom. The van der Waals surface area contributed by atoms with Crippen molar-refractivity contribution in [2.75, 3.05) is 11.9 Å². The molecule has 5 nitrogen and oxygen atoms in total. The number of hydrogen-bond donors (Lipinski definition) is 1. The summed E-state index contributed by atoms with van der Waals surface area (Å²) in [6.45, 7) is -0.469. The van der Waals surface area contributed by atoms with Gasteiger partial charge in [0.1, 0.15) is 0 Å². The monoisotopic (exact) mass is 479 g/mol. The highest BCUT2D eigenvalue weighted by Gasteiger charge is 2.36. The summed E-state index contributed by atoms with van der Waals surface area (Å²) in [6, 6.07) is 8.48. The SMILES string of the molecule is O=C(COc1cc(C(F)(F)F)nn1C1=CC=CCC1Cl)Nc1ccc(C2CCCCC2)cc1. The Bertz CT molecular complexity index is 1040. The molecule has 1 aromatic heterocycles. The number of anilines is 1. The standard InChI is InChI=1S/C24H25ClF3N3O2/c25-19-8-4-5-9-20(19)31-23(14-21(30-31)24(26,27)28)33-15-22(32)29-18-12-10-17(11-13-18)16-6-2-1-3-7-16/h4-5,9-14,16,19H,1-3,6-8,15H2,(H,29,32). The Morgan fingerprint density at radius 1 is 1.18 bits per heavy atom. The highest BCUT2D eigenvalue weighted by atomic mass is 35.5. The average molecular weight is 480 g/mol. The van der Waals surface area contributed by atoms with Crippen molar-refractivity contribution >= 4 is 28.9 Å². The number of halogens is 4. The van der Waals surface area contributed by atoms with Crippen LogP contribution in [0.25, 0.3) is 5.70 Å². The van der Waals surface area contributed by atoms with Crippen molar-refractivity contribution < 1.29 is 22.7 Å². The van der Waals surface area contributed by atoms with Crippen LogP contribution in [-0.2, 0) is 11.0 Å². The van der Waals surface area contributed by atoms with Gasteiger partial charge in [0.05, 0.1) is 11.1 Å². The van der Waals surface area contributed by atoms with E-state index in [0.717, 1.165) is 10.7 Å². The second-order valence-corrected chi connectivity index (χ2v) is 8.82. The molecule has 1 heterocycles. The van der Waals surface area contributed by atoms with E-state index in [2.05, 4.69) is 10.4 Å². The van der Waals surface area contributed by atoms with Crippen LogP contribution in [0.4, 0.5) is 18.9 Å². The predicted octanol–water partition coefficient (Wildman–Crippen LogP) is 6.38. The Labute approximate surface area is 195 Å². The van der Waals surface area contributed by atoms with E-state index in [1.807, 2.05) is 30.3 Å². The van der Waals surface area contributed by atoms with Crippen molar-refractivity contribution in [3.63, 3.8) is 0 Å². The van der Waals surface area contributed by atoms with Crippen LogP contribution in [0.2, 0.25) is 0 Å². The van der Waals surface area contributed by atoms with Crippen LogP contribution in [0.5, 0.6) is 5.88 Å². The molecule has 2 aliphatic carbocycles. The van der Waals surface area contributed by atoms with Gasteiger partial charge in [-0.2, -0.15) is 18.3 Å². The number of nitrogens with zero attached hydrogens (tertiary/aromatic N) is 2. The smallest absolute Gasteiger partial charge is 0.435 e. The van der Waals surface area contributed by atoms with Crippen LogP contribution >= 0.6 is 11.6 Å². The Hall–Kier alpha value is -2.74. The number of carbonyl (C=O) groups excluding carboxylic acids is 1. The van der Waals surface area contributed by atoms with Gasteiger partial charge in [-0.1, -0.05) is 43.5 Å². The summed E-state index contributed by atoms with van der Waals surface area (Å²) >= 11 is 6.26. The highest BCUT2D eigenvalue weighted by Crippen LogP contribution is 2.35. The molecule has 1 saturated carbocycles. The zero-order valence-corrected chi connectivity index (χ0v) is 18.7. The molecule has 0 radical (unpaired) electrons. The van der Waals surface area contributed by atoms with Gasteiger partial charge in [0, 0.05) is 11.8 Å². The van der Waals surface area contributed by atoms with Gasteiger partial charge >= 0.3 is 6.18 Å². The maximum Gasteiger partial charge on any atom is 0.435 e. The summed E-state index contributed by atoms with van der Waals surface area (Å²) < 4.78 is 46.1. The summed E-state index contributed by atoms with van der Waals surface area (Å²) in [5, 5.41) is 5.78. The van der Waals surface area contributed by atoms with Crippen LogP contribution in [0.1, 0.15) is 55.7 Å². The molecule has 0 bridgehead atoms. The fraction of sp³-hybridized carbons (Fsp3) is 0.417. The van der Waals surface area contributed by atoms with Gasteiger partial charge in [-0.05, 0) is 49.0 Å². The van der Waals surface area contributed by atoms with Crippen LogP contribution in [0.3, 0.4) is 0 Å². The number of carbonyl (C=O) groups is 1. The molecule has 2 aromatic rings. The molecular formula is C24H25ClF3N3O2. The van der Waals surface area contributed by atoms with E-state index in [1.54, 1.807) is 12.2 Å². The minimum atomic E-state index is -4.65. The third-order valence-electron chi connectivity index (χ3n) is 5.90. The number of ether oxygens (including phenoxy) is 1. The minimum Gasteiger partial charge on any atom is -0.467 e. The third-order valence-corrected chi connectivity index (χ3v) is 6.30. The van der Waals surface area contributed by atoms with Crippen molar-refractivity contribution in [3.8, 4) is 5.88 Å². The summed E-state index contributed by atoms with van der Waals surface area (Å²) in [6.07, 6.45) is 7.01. The van der Waals surface area contributed by atoms with E-state index < -0.39 is 29.8 Å². The molecule has 1 N–H and O–H groups in total. The van der Waals surface area contributed by atoms with Crippen molar-refractivity contribution in [2.24, 2.45) is 0 Å². The fourth-order valence-electron chi connectivity index (χ4n) is 4.19. The summed E-state index contributed by atoms with van der Waals surface area (Å²) in [7, 11) is 0. The number of hydrogen-bond acceptors (Lipinski definition) is 3. The lowest BCUT2D eigenvalue weighted by atomic mass is 9.84. The number of aromatic nitrogens is 2. The maximum absolute atomic E-state index is 13.2. The van der Waals surface area contributed by atoms with Crippen molar-refractivity contribution in [1.82, 2.24) is 9.78 Å². The molecular weight excluding hydrogens is 455 g/mol. The number of benzene rings is 1. The number of nitrogens with one attached hydrogen (secondary N) is 1. The van der Waals surface area contributed by atoms with Crippen molar-refractivity contribution in [1.29, 1.82) is 0 Å². The predicted molar refractivity (Wildman–Crippen MR) is 121 cm³/mol. The first-order valence-electron chi connectivity index (χ1n) is 11.0. The van der Waals surface area contributed by atoms with E-state index in [4.69, 9.17) is 16.3 Å². The molecule has 4 rings (SSSR count). The molecule has 9 heteroatoms. The van der Waals surface area contributed by atoms with Crippen LogP contribution in [0.15, 0.2) is 48.6 Å². The van der Waals surface area contributed by atoms with E-state index >= 15 is 0 Å². The molecule has 1 amide bonds. The summed E-state index contributed by atoms with van der Waals surface area (Å²) in [5.74, 6) is -0.122. The number of rotatable bonds is 6. The molecule has 1 fully saturated rings. The summed E-state index contributed by atoms with van der Waals surface area (Å²) in [4.78, 5) is 12.4. The molecule has 176 valence electrons. The van der Waals surface area contributed by atoms with Gasteiger partial charge < -0.3 is 10.1 Å². The second kappa shape index (κ2) is 10.0. The minimum absolute atomic E-state index is 0.197. The lowest BCUT2D eigenvalue weighted by Gasteiger charge is -2.22. The van der Waals surface area contributed by atoms with Crippen molar-refractivity contribution in [3.05, 3.63) is 59.8 Å². The van der Waals surface area contributed by atoms with Crippen molar-refractivity contribution in [2.45, 2.75) is 56.0 Å². The molecule has 2 aliphatic rings. The quantitative estimate of drug-likeness (QED) is 0.489. The molecule has 1 aromatic carbocycles. The molecule has 0 aliphatic heterocycles. The first-order valence-corrected chi connectivity index (χ1v) is 11.5. The first-order chi connectivity index (χ1) is 15.8. The van der Waals surface area contributed by atoms with E-state index in [9.17, 15) is 18.0 Å². The van der Waals surface area contributed by atoms with Gasteiger partial charge in [-0.25, -0.2) is 4.68 Å². The van der Waals surface area contributed by atoms with Gasteiger partial charge in [-0.3, -0.25) is 4.79 Å². The number of alkyl halides is 4. The molecule has 33 heavy (non-hydrogen) atoms. The van der Waals surface area contributed by atoms with Crippen LogP contribution in [-0.4, -0.2) is 27.7 Å². The molecule has 1 unspecified atom stereocenters. The lowest BCUT2D eigenvalue weighted by Crippen LogP contribution is -2.22. The first kappa shape index (κ1) is 23.4. The van der Waals surface area contributed by atoms with Gasteiger partial charge in [0.25, 0.3) is 5.91 Å². The average Bonchev–Trinajstić information content (AvgIpc) is 3.24. The fourth-order valence-corrected chi connectivity index (χ4v) is 4.46. The van der Waals surface area contributed by atoms with Gasteiger partial charge in [-0.15, -0.1) is 11.6 Å². The van der Waals surface area contributed by atoms with Gasteiger partial charge in [0.15, 0.2) is 12.3 Å². The van der Waals surface area contributed by atoms with E-state index in [-0.39, 0.29) is 5.88 Å². The Kier molecular flexibility index (Phi) is 7.12. The number of allylic oxidation sites excluding steroid dienone is 4. The van der Waals surface area contributed by atoms with E-state index in [1.165, 1.54) is 37.7 Å². The molecule has 1 atom stereocenters. The zero-order chi connectivity index (χ0) is 23.4. The zero-order valence-electron chi connectivity index (χ0n) is 17.9. The van der Waals surface area contributed by atoms with Crippen LogP contribution in [0, 0.1) is 0 Å². The Balaban J connectivity index is 1.42. The normalized spacial score (nSPS) is 19.3. The maximum atomic E-state index is 13.2. The summed E-state index contributed by atoms with van der Waals surface area (Å²) in [5.41, 5.74) is 1.10. The largest absolute Gasteiger partial charge is 0.467 e. The lowest BCUT2D eigenvalue weighted by molar-refractivity contribution is -0.141.